The van der Waals surface area contributed by atoms with Crippen LogP contribution in [-0.4, -0.2) is 35.1 Å². The molecule has 4 nitrogen and oxygen atoms in total. The number of benzene rings is 2. The Morgan fingerprint density at radius 2 is 1.73 bits per heavy atom. The van der Waals surface area contributed by atoms with Gasteiger partial charge in [0.05, 0.1) is 5.75 Å². The Balaban J connectivity index is 2.14. The number of hydrogen-bond donors (Lipinski definition) is 1. The van der Waals surface area contributed by atoms with Gasteiger partial charge in [0.2, 0.25) is 11.8 Å². The Labute approximate surface area is 197 Å². The highest BCUT2D eigenvalue weighted by Gasteiger charge is 2.26. The van der Waals surface area contributed by atoms with Gasteiger partial charge in [-0.15, -0.1) is 11.8 Å². The number of nitrogens with one attached hydrogen (secondary N) is 1. The summed E-state index contributed by atoms with van der Waals surface area (Å²) in [5.41, 5.74) is 0.735. The van der Waals surface area contributed by atoms with Crippen molar-refractivity contribution >= 4 is 58.4 Å². The maximum atomic E-state index is 13.1. The van der Waals surface area contributed by atoms with Crippen molar-refractivity contribution in [2.45, 2.75) is 44.2 Å². The summed E-state index contributed by atoms with van der Waals surface area (Å²) in [5, 5.41) is 4.52. The zero-order valence-electron chi connectivity index (χ0n) is 17.0. The number of halogens is 3. The van der Waals surface area contributed by atoms with E-state index >= 15 is 0 Å². The summed E-state index contributed by atoms with van der Waals surface area (Å²) >= 11 is 19.6. The second-order valence-electron chi connectivity index (χ2n) is 6.82. The Kier molecular flexibility index (Phi) is 10.3. The minimum absolute atomic E-state index is 0.154. The first-order valence-electron chi connectivity index (χ1n) is 9.71. The van der Waals surface area contributed by atoms with Gasteiger partial charge in [0.25, 0.3) is 0 Å². The van der Waals surface area contributed by atoms with Gasteiger partial charge in [0.1, 0.15) is 6.04 Å². The van der Waals surface area contributed by atoms with E-state index in [2.05, 4.69) is 12.2 Å². The second-order valence-corrected chi connectivity index (χ2v) is 9.15. The molecule has 0 spiro atoms. The van der Waals surface area contributed by atoms with E-state index in [1.54, 1.807) is 42.2 Å². The van der Waals surface area contributed by atoms with Crippen molar-refractivity contribution in [1.29, 1.82) is 0 Å². The van der Waals surface area contributed by atoms with Gasteiger partial charge in [-0.05, 0) is 55.3 Å². The summed E-state index contributed by atoms with van der Waals surface area (Å²) in [6.07, 6.45) is 1.87. The fraction of sp³-hybridized carbons (Fsp3) is 0.364. The zero-order chi connectivity index (χ0) is 22.1. The van der Waals surface area contributed by atoms with E-state index in [4.69, 9.17) is 34.8 Å². The van der Waals surface area contributed by atoms with E-state index in [0.717, 1.165) is 23.3 Å². The van der Waals surface area contributed by atoms with Crippen LogP contribution in [-0.2, 0) is 16.1 Å². The van der Waals surface area contributed by atoms with Gasteiger partial charge in [-0.2, -0.15) is 0 Å². The minimum Gasteiger partial charge on any atom is -0.354 e. The highest BCUT2D eigenvalue weighted by molar-refractivity contribution is 8.00. The standard InChI is InChI=1S/C22H25Cl3N2O2S/c1-3-4-11-26-22(29)15(2)27(13-16-5-6-18(24)12-20(16)25)21(28)14-30-19-9-7-17(23)8-10-19/h5-10,12,15H,3-4,11,13-14H2,1-2H3,(H,26,29)/t15-/m1/s1. The van der Waals surface area contributed by atoms with E-state index in [-0.39, 0.29) is 24.1 Å². The van der Waals surface area contributed by atoms with Crippen LogP contribution in [0.1, 0.15) is 32.3 Å². The predicted molar refractivity (Wildman–Crippen MR) is 127 cm³/mol. The molecule has 2 amide bonds. The lowest BCUT2D eigenvalue weighted by molar-refractivity contribution is -0.138. The number of carbonyl (C=O) groups excluding carboxylic acids is 2. The topological polar surface area (TPSA) is 49.4 Å². The molecule has 1 N–H and O–H groups in total. The number of rotatable bonds is 10. The first-order chi connectivity index (χ1) is 14.3. The molecule has 0 saturated heterocycles. The van der Waals surface area contributed by atoms with Crippen LogP contribution in [0.15, 0.2) is 47.4 Å². The first kappa shape index (κ1) is 24.9. The molecule has 0 aliphatic heterocycles. The Hall–Kier alpha value is -1.40. The fourth-order valence-corrected chi connectivity index (χ4v) is 4.09. The summed E-state index contributed by atoms with van der Waals surface area (Å²) < 4.78 is 0. The van der Waals surface area contributed by atoms with Gasteiger partial charge >= 0.3 is 0 Å². The molecule has 0 unspecified atom stereocenters. The van der Waals surface area contributed by atoms with Crippen LogP contribution in [0.4, 0.5) is 0 Å². The van der Waals surface area contributed by atoms with Gasteiger partial charge in [-0.25, -0.2) is 0 Å². The van der Waals surface area contributed by atoms with Crippen LogP contribution < -0.4 is 5.32 Å². The van der Waals surface area contributed by atoms with Crippen LogP contribution in [0.5, 0.6) is 0 Å². The van der Waals surface area contributed by atoms with Crippen molar-refractivity contribution < 1.29 is 9.59 Å². The third-order valence-corrected chi connectivity index (χ3v) is 6.36. The highest BCUT2D eigenvalue weighted by atomic mass is 35.5. The molecule has 0 aromatic heterocycles. The van der Waals surface area contributed by atoms with Crippen molar-refractivity contribution in [3.8, 4) is 0 Å². The summed E-state index contributed by atoms with van der Waals surface area (Å²) in [5.74, 6) is -0.142. The SMILES string of the molecule is CCCCNC(=O)[C@@H](C)N(Cc1ccc(Cl)cc1Cl)C(=O)CSc1ccc(Cl)cc1. The lowest BCUT2D eigenvalue weighted by atomic mass is 10.1. The van der Waals surface area contributed by atoms with Gasteiger partial charge in [0.15, 0.2) is 0 Å². The van der Waals surface area contributed by atoms with Crippen molar-refractivity contribution in [2.24, 2.45) is 0 Å². The van der Waals surface area contributed by atoms with E-state index in [9.17, 15) is 9.59 Å². The highest BCUT2D eigenvalue weighted by Crippen LogP contribution is 2.25. The van der Waals surface area contributed by atoms with Crippen molar-refractivity contribution in [1.82, 2.24) is 10.2 Å². The Morgan fingerprint density at radius 1 is 1.07 bits per heavy atom. The number of amides is 2. The van der Waals surface area contributed by atoms with E-state index in [1.807, 2.05) is 12.1 Å². The number of nitrogens with zero attached hydrogens (tertiary/aromatic N) is 1. The molecule has 0 fully saturated rings. The molecule has 0 radical (unpaired) electrons. The van der Waals surface area contributed by atoms with Crippen LogP contribution >= 0.6 is 46.6 Å². The van der Waals surface area contributed by atoms with Crippen LogP contribution in [0.2, 0.25) is 15.1 Å². The molecule has 0 heterocycles. The third-order valence-electron chi connectivity index (χ3n) is 4.53. The summed E-state index contributed by atoms with van der Waals surface area (Å²) in [4.78, 5) is 28.2. The molecule has 2 aromatic carbocycles. The average Bonchev–Trinajstić information content (AvgIpc) is 2.72. The van der Waals surface area contributed by atoms with Crippen LogP contribution in [0, 0.1) is 0 Å². The molecular formula is C22H25Cl3N2O2S. The van der Waals surface area contributed by atoms with Crippen molar-refractivity contribution in [3.05, 3.63) is 63.1 Å². The molecule has 2 rings (SSSR count). The van der Waals surface area contributed by atoms with Gasteiger partial charge < -0.3 is 10.2 Å². The molecule has 162 valence electrons. The molecule has 1 atom stereocenters. The number of unbranched alkanes of at least 4 members (excludes halogenated alkanes) is 1. The Morgan fingerprint density at radius 3 is 2.37 bits per heavy atom. The van der Waals surface area contributed by atoms with Gasteiger partial charge in [0, 0.05) is 33.1 Å². The largest absolute Gasteiger partial charge is 0.354 e. The fourth-order valence-electron chi connectivity index (χ4n) is 2.71. The number of hydrogen-bond acceptors (Lipinski definition) is 3. The lowest BCUT2D eigenvalue weighted by Gasteiger charge is -2.29. The lowest BCUT2D eigenvalue weighted by Crippen LogP contribution is -2.48. The van der Waals surface area contributed by atoms with Crippen LogP contribution in [0.25, 0.3) is 0 Å². The third kappa shape index (κ3) is 7.69. The number of thioether (sulfide) groups is 1. The normalized spacial score (nSPS) is 11.8. The average molecular weight is 488 g/mol. The van der Waals surface area contributed by atoms with Gasteiger partial charge in [-0.1, -0.05) is 54.2 Å². The molecule has 30 heavy (non-hydrogen) atoms. The minimum atomic E-state index is -0.632. The zero-order valence-corrected chi connectivity index (χ0v) is 20.0. The molecule has 0 bridgehead atoms. The smallest absolute Gasteiger partial charge is 0.242 e. The van der Waals surface area contributed by atoms with E-state index < -0.39 is 6.04 Å². The van der Waals surface area contributed by atoms with E-state index in [1.165, 1.54) is 11.8 Å². The van der Waals surface area contributed by atoms with Gasteiger partial charge in [-0.3, -0.25) is 9.59 Å². The molecule has 8 heteroatoms. The van der Waals surface area contributed by atoms with Crippen LogP contribution in [0.3, 0.4) is 0 Å². The molecule has 2 aromatic rings. The monoisotopic (exact) mass is 486 g/mol. The summed E-state index contributed by atoms with van der Waals surface area (Å²) in [6, 6.07) is 11.8. The second kappa shape index (κ2) is 12.5. The summed E-state index contributed by atoms with van der Waals surface area (Å²) in [6.45, 7) is 4.60. The number of carbonyl (C=O) groups is 2. The maximum Gasteiger partial charge on any atom is 0.242 e. The first-order valence-corrected chi connectivity index (χ1v) is 11.8. The Bertz CT molecular complexity index is 862. The quantitative estimate of drug-likeness (QED) is 0.327. The molecular weight excluding hydrogens is 463 g/mol. The molecule has 0 aliphatic carbocycles. The van der Waals surface area contributed by atoms with E-state index in [0.29, 0.717) is 21.6 Å². The molecule has 0 aliphatic rings. The molecule has 0 saturated carbocycles. The summed E-state index contributed by atoms with van der Waals surface area (Å²) in [7, 11) is 0. The van der Waals surface area contributed by atoms with Crippen molar-refractivity contribution in [3.63, 3.8) is 0 Å². The predicted octanol–water partition coefficient (Wildman–Crippen LogP) is 6.07. The maximum absolute atomic E-state index is 13.1. The van der Waals surface area contributed by atoms with Crippen molar-refractivity contribution in [2.75, 3.05) is 12.3 Å².